The number of aromatic amines is 1. The van der Waals surface area contributed by atoms with Gasteiger partial charge in [0.15, 0.2) is 23.2 Å². The van der Waals surface area contributed by atoms with Crippen molar-refractivity contribution in [3.63, 3.8) is 0 Å². The number of anilines is 2. The standard InChI is InChI=1S/C17H10ClF4N5O2/c18-14-6-10(3-4-23-14)29-12-2-1-9(5-11(12)19)26-16(28)27-15-7-13(17(20,21)22)24-8-25-15/h1-8,18H,(H-,24,25,26,27,28)/p+2. The van der Waals surface area contributed by atoms with Crippen molar-refractivity contribution >= 4 is 17.5 Å². The van der Waals surface area contributed by atoms with Gasteiger partial charge < -0.3 is 4.74 Å². The quantitative estimate of drug-likeness (QED) is 0.490. The number of hydrogen-bond acceptors (Lipinski definition) is 4. The topological polar surface area (TPSA) is 90.3 Å². The number of carbonyl (C=O) groups excluding carboxylic acids is 1. The van der Waals surface area contributed by atoms with Crippen LogP contribution >= 0.6 is 0 Å². The first-order valence-electron chi connectivity index (χ1n) is 7.84. The molecule has 0 unspecified atom stereocenters. The lowest BCUT2D eigenvalue weighted by atomic mass is 10.3. The van der Waals surface area contributed by atoms with Gasteiger partial charge in [-0.3, -0.25) is 5.32 Å². The summed E-state index contributed by atoms with van der Waals surface area (Å²) in [5.74, 6) is -0.854. The van der Waals surface area contributed by atoms with E-state index in [-0.39, 0.29) is 28.2 Å². The molecule has 1 aromatic carbocycles. The van der Waals surface area contributed by atoms with Crippen LogP contribution in [-0.4, -0.2) is 16.0 Å². The molecule has 0 aliphatic rings. The molecule has 3 aromatic rings. The number of hydrogen-bond donors (Lipinski definition) is 2. The summed E-state index contributed by atoms with van der Waals surface area (Å²) >= 11 is 4.89. The Bertz CT molecular complexity index is 1050. The highest BCUT2D eigenvalue weighted by atomic mass is 35.5. The molecule has 7 nitrogen and oxygen atoms in total. The summed E-state index contributed by atoms with van der Waals surface area (Å²) in [7, 11) is 0. The number of alkyl halides is 3. The summed E-state index contributed by atoms with van der Waals surface area (Å²) in [5, 5.41) is 4.74. The van der Waals surface area contributed by atoms with Crippen LogP contribution in [0.1, 0.15) is 5.69 Å². The van der Waals surface area contributed by atoms with E-state index in [1.54, 1.807) is 0 Å². The van der Waals surface area contributed by atoms with Crippen LogP contribution in [0.4, 0.5) is 33.9 Å². The first-order valence-corrected chi connectivity index (χ1v) is 8.25. The van der Waals surface area contributed by atoms with Gasteiger partial charge in [0.1, 0.15) is 5.75 Å². The summed E-state index contributed by atoms with van der Waals surface area (Å²) < 4.78 is 57.5. The highest BCUT2D eigenvalue weighted by Gasteiger charge is 2.36. The molecule has 2 aromatic heterocycles. The van der Waals surface area contributed by atoms with E-state index in [0.29, 0.717) is 6.07 Å². The molecule has 0 fully saturated rings. The van der Waals surface area contributed by atoms with Gasteiger partial charge >= 0.3 is 17.4 Å². The molecule has 3 N–H and O–H groups in total. The Morgan fingerprint density at radius 1 is 1.10 bits per heavy atom. The highest BCUT2D eigenvalue weighted by molar-refractivity contribution is 5.98. The van der Waals surface area contributed by atoms with Gasteiger partial charge in [0.2, 0.25) is 17.8 Å². The van der Waals surface area contributed by atoms with E-state index in [1.165, 1.54) is 30.5 Å². The van der Waals surface area contributed by atoms with E-state index < -0.39 is 23.7 Å². The Kier molecular flexibility index (Phi) is 5.78. The molecule has 0 saturated carbocycles. The number of rotatable bonds is 4. The van der Waals surface area contributed by atoms with E-state index in [1.807, 2.05) is 0 Å². The predicted molar refractivity (Wildman–Crippen MR) is 89.7 cm³/mol. The normalized spacial score (nSPS) is 11.1. The van der Waals surface area contributed by atoms with Gasteiger partial charge in [-0.15, -0.1) is 4.98 Å². The second-order valence-corrected chi connectivity index (χ2v) is 5.92. The lowest BCUT2D eigenvalue weighted by molar-refractivity contribution is -0.366. The molecule has 3 rings (SSSR count). The smallest absolute Gasteiger partial charge is 0.449 e. The number of nitrogens with zero attached hydrogens (tertiary/aromatic N) is 2. The molecule has 0 spiro atoms. The number of urea groups is 1. The van der Waals surface area contributed by atoms with Gasteiger partial charge in [-0.1, -0.05) is 0 Å². The Morgan fingerprint density at radius 2 is 1.90 bits per heavy atom. The molecule has 0 radical (unpaired) electrons. The van der Waals surface area contributed by atoms with Gasteiger partial charge in [0.25, 0.3) is 0 Å². The first kappa shape index (κ1) is 20.3. The summed E-state index contributed by atoms with van der Waals surface area (Å²) in [6, 6.07) is 6.28. The molecular formula is C17H12ClF4N5O2+2. The molecule has 12 heteroatoms. The average molecular weight is 430 g/mol. The predicted octanol–water partition coefficient (Wildman–Crippen LogP) is 3.58. The Balaban J connectivity index is 1.66. The molecular weight excluding hydrogens is 418 g/mol. The number of amides is 2. The Morgan fingerprint density at radius 3 is 2.59 bits per heavy atom. The third-order valence-corrected chi connectivity index (χ3v) is 3.59. The fourth-order valence-electron chi connectivity index (χ4n) is 2.14. The molecule has 2 amide bonds. The second kappa shape index (κ2) is 8.27. The summed E-state index contributed by atoms with van der Waals surface area (Å²) in [6.45, 7) is 0. The van der Waals surface area contributed by atoms with Crippen molar-refractivity contribution in [2.75, 3.05) is 10.6 Å². The molecule has 0 bridgehead atoms. The lowest BCUT2D eigenvalue weighted by Crippen LogP contribution is -2.25. The van der Waals surface area contributed by atoms with Crippen LogP contribution in [0.3, 0.4) is 0 Å². The number of benzene rings is 1. The first-order chi connectivity index (χ1) is 13.7. The van der Waals surface area contributed by atoms with E-state index >= 15 is 0 Å². The highest BCUT2D eigenvalue weighted by Crippen LogP contribution is 2.28. The molecule has 0 atom stereocenters. The molecule has 29 heavy (non-hydrogen) atoms. The fourth-order valence-corrected chi connectivity index (χ4v) is 2.32. The van der Waals surface area contributed by atoms with Crippen molar-refractivity contribution in [2.24, 2.45) is 0 Å². The van der Waals surface area contributed by atoms with Crippen molar-refractivity contribution < 1.29 is 43.7 Å². The van der Waals surface area contributed by atoms with Crippen molar-refractivity contribution in [1.29, 1.82) is 0 Å². The number of pyridine rings is 1. The number of carbonyl (C=O) groups is 1. The summed E-state index contributed by atoms with van der Waals surface area (Å²) in [5.41, 5.74) is -1.13. The van der Waals surface area contributed by atoms with E-state index in [4.69, 9.17) is 16.3 Å². The van der Waals surface area contributed by atoms with Crippen LogP contribution in [0.5, 0.6) is 11.5 Å². The third kappa shape index (κ3) is 5.51. The van der Waals surface area contributed by atoms with E-state index in [2.05, 4.69) is 25.6 Å². The molecule has 0 aliphatic carbocycles. The fraction of sp³-hybridized carbons (Fsp3) is 0.0588. The van der Waals surface area contributed by atoms with Crippen molar-refractivity contribution in [1.82, 2.24) is 9.97 Å². The minimum absolute atomic E-state index is 0.0520. The molecule has 0 aliphatic heterocycles. The zero-order valence-corrected chi connectivity index (χ0v) is 15.1. The van der Waals surface area contributed by atoms with Crippen molar-refractivity contribution in [2.45, 2.75) is 6.18 Å². The summed E-state index contributed by atoms with van der Waals surface area (Å²) in [4.78, 5) is 21.3. The van der Waals surface area contributed by atoms with E-state index in [0.717, 1.165) is 12.4 Å². The van der Waals surface area contributed by atoms with Gasteiger partial charge in [0.05, 0.1) is 12.1 Å². The SMILES string of the molecule is O=C(Nc1ccc(Oc2ccnc([ClH+])c2)c(F)c1)Nc1cc(C(F)(F)F)nc[nH+]1. The van der Waals surface area contributed by atoms with Gasteiger partial charge in [-0.05, 0) is 18.2 Å². The number of ether oxygens (including phenoxy) is 1. The van der Waals surface area contributed by atoms with Crippen molar-refractivity contribution in [3.05, 3.63) is 65.6 Å². The third-order valence-electron chi connectivity index (χ3n) is 3.37. The number of halogens is 5. The van der Waals surface area contributed by atoms with Crippen LogP contribution in [0.2, 0.25) is 5.15 Å². The van der Waals surface area contributed by atoms with Crippen LogP contribution in [0, 0.1) is 17.4 Å². The van der Waals surface area contributed by atoms with Crippen LogP contribution in [-0.2, 0) is 6.18 Å². The number of nitrogens with one attached hydrogen (secondary N) is 3. The van der Waals surface area contributed by atoms with E-state index in [9.17, 15) is 22.4 Å². The number of aromatic nitrogens is 3. The number of H-pyrrole nitrogens is 1. The summed E-state index contributed by atoms with van der Waals surface area (Å²) in [6.07, 6.45) is -2.46. The van der Waals surface area contributed by atoms with Gasteiger partial charge in [0, 0.05) is 18.0 Å². The minimum Gasteiger partial charge on any atom is -0.454 e. The minimum atomic E-state index is -4.66. The zero-order valence-electron chi connectivity index (χ0n) is 14.2. The monoisotopic (exact) mass is 429 g/mol. The molecule has 2 heterocycles. The molecule has 0 saturated heterocycles. The second-order valence-electron chi connectivity index (χ2n) is 5.50. The van der Waals surface area contributed by atoms with Crippen molar-refractivity contribution in [3.8, 4) is 11.5 Å². The Labute approximate surface area is 165 Å². The zero-order chi connectivity index (χ0) is 21.0. The van der Waals surface area contributed by atoms with Crippen LogP contribution < -0.4 is 20.4 Å². The van der Waals surface area contributed by atoms with Gasteiger partial charge in [-0.25, -0.2) is 24.5 Å². The average Bonchev–Trinajstić information content (AvgIpc) is 2.63. The largest absolute Gasteiger partial charge is 0.454 e. The maximum Gasteiger partial charge on any atom is 0.449 e. The Hall–Kier alpha value is -3.47. The van der Waals surface area contributed by atoms with Gasteiger partial charge in [-0.2, -0.15) is 13.2 Å². The lowest BCUT2D eigenvalue weighted by Gasteiger charge is -2.09. The maximum absolute atomic E-state index is 14.2. The maximum atomic E-state index is 14.2. The van der Waals surface area contributed by atoms with Crippen LogP contribution in [0.25, 0.3) is 0 Å². The van der Waals surface area contributed by atoms with Crippen LogP contribution in [0.15, 0.2) is 48.9 Å². The molecule has 150 valence electrons.